The highest BCUT2D eigenvalue weighted by Gasteiger charge is 2.19. The Morgan fingerprint density at radius 2 is 2.06 bits per heavy atom. The van der Waals surface area contributed by atoms with E-state index in [-0.39, 0.29) is 5.92 Å². The molecular weight excluding hydrogens is 248 g/mol. The second-order valence-electron chi connectivity index (χ2n) is 4.80. The lowest BCUT2D eigenvalue weighted by Crippen LogP contribution is -2.33. The molecule has 0 N–H and O–H groups in total. The summed E-state index contributed by atoms with van der Waals surface area (Å²) in [5.41, 5.74) is 0.896. The SMILES string of the molecule is COCCN(c1nc(C(C)C)c(C=O)s1)C(C)C. The average Bonchev–Trinajstić information content (AvgIpc) is 2.73. The van der Waals surface area contributed by atoms with Gasteiger partial charge in [-0.15, -0.1) is 0 Å². The van der Waals surface area contributed by atoms with E-state index in [1.807, 2.05) is 0 Å². The van der Waals surface area contributed by atoms with Crippen LogP contribution in [0.4, 0.5) is 5.13 Å². The highest BCUT2D eigenvalue weighted by atomic mass is 32.1. The molecule has 0 aromatic carbocycles. The first-order valence-electron chi connectivity index (χ1n) is 6.22. The zero-order valence-electron chi connectivity index (χ0n) is 11.8. The summed E-state index contributed by atoms with van der Waals surface area (Å²) in [5.74, 6) is 0.270. The number of hydrogen-bond acceptors (Lipinski definition) is 5. The maximum Gasteiger partial charge on any atom is 0.186 e. The van der Waals surface area contributed by atoms with E-state index in [1.165, 1.54) is 11.3 Å². The van der Waals surface area contributed by atoms with Gasteiger partial charge in [0.25, 0.3) is 0 Å². The molecule has 0 saturated heterocycles. The molecule has 1 rings (SSSR count). The second kappa shape index (κ2) is 6.85. The van der Waals surface area contributed by atoms with Crippen LogP contribution >= 0.6 is 11.3 Å². The smallest absolute Gasteiger partial charge is 0.186 e. The van der Waals surface area contributed by atoms with Gasteiger partial charge in [0.1, 0.15) is 0 Å². The van der Waals surface area contributed by atoms with Crippen molar-refractivity contribution in [3.8, 4) is 0 Å². The third kappa shape index (κ3) is 3.53. The lowest BCUT2D eigenvalue weighted by Gasteiger charge is -2.25. The molecule has 102 valence electrons. The highest BCUT2D eigenvalue weighted by molar-refractivity contribution is 7.17. The van der Waals surface area contributed by atoms with Crippen LogP contribution in [0.3, 0.4) is 0 Å². The van der Waals surface area contributed by atoms with E-state index in [0.29, 0.717) is 12.6 Å². The number of carbonyl (C=O) groups excluding carboxylic acids is 1. The van der Waals surface area contributed by atoms with Gasteiger partial charge in [-0.3, -0.25) is 4.79 Å². The van der Waals surface area contributed by atoms with Gasteiger partial charge in [-0.05, 0) is 19.8 Å². The zero-order chi connectivity index (χ0) is 13.7. The molecule has 0 aliphatic carbocycles. The van der Waals surface area contributed by atoms with Gasteiger partial charge >= 0.3 is 0 Å². The summed E-state index contributed by atoms with van der Waals surface area (Å²) >= 11 is 1.47. The Hall–Kier alpha value is -0.940. The highest BCUT2D eigenvalue weighted by Crippen LogP contribution is 2.30. The molecule has 0 saturated carbocycles. The van der Waals surface area contributed by atoms with Crippen LogP contribution in [0.15, 0.2) is 0 Å². The van der Waals surface area contributed by atoms with Crippen molar-refractivity contribution in [2.45, 2.75) is 39.7 Å². The number of nitrogens with zero attached hydrogens (tertiary/aromatic N) is 2. The van der Waals surface area contributed by atoms with Crippen molar-refractivity contribution in [3.63, 3.8) is 0 Å². The molecule has 0 radical (unpaired) electrons. The van der Waals surface area contributed by atoms with Crippen molar-refractivity contribution in [1.29, 1.82) is 0 Å². The average molecular weight is 270 g/mol. The van der Waals surface area contributed by atoms with Crippen molar-refractivity contribution < 1.29 is 9.53 Å². The fourth-order valence-corrected chi connectivity index (χ4v) is 2.91. The van der Waals surface area contributed by atoms with Gasteiger partial charge in [0.15, 0.2) is 11.4 Å². The van der Waals surface area contributed by atoms with Crippen LogP contribution in [0.2, 0.25) is 0 Å². The Bertz CT molecular complexity index is 388. The molecule has 4 nitrogen and oxygen atoms in total. The predicted octanol–water partition coefficient (Wildman–Crippen LogP) is 2.94. The topological polar surface area (TPSA) is 42.4 Å². The van der Waals surface area contributed by atoms with Crippen LogP contribution in [0.1, 0.15) is 49.0 Å². The fourth-order valence-electron chi connectivity index (χ4n) is 1.72. The maximum atomic E-state index is 11.1. The third-order valence-corrected chi connectivity index (χ3v) is 3.76. The summed E-state index contributed by atoms with van der Waals surface area (Å²) in [4.78, 5) is 18.6. The van der Waals surface area contributed by atoms with E-state index in [0.717, 1.165) is 28.5 Å². The van der Waals surface area contributed by atoms with Crippen LogP contribution in [-0.4, -0.2) is 37.6 Å². The number of carbonyl (C=O) groups is 1. The molecule has 0 aliphatic heterocycles. The molecule has 0 bridgehead atoms. The lowest BCUT2D eigenvalue weighted by atomic mass is 10.1. The minimum atomic E-state index is 0.270. The van der Waals surface area contributed by atoms with Crippen molar-refractivity contribution in [1.82, 2.24) is 4.98 Å². The van der Waals surface area contributed by atoms with E-state index in [2.05, 4.69) is 37.6 Å². The van der Waals surface area contributed by atoms with Crippen LogP contribution in [-0.2, 0) is 4.74 Å². The summed E-state index contributed by atoms with van der Waals surface area (Å²) < 4.78 is 5.12. The largest absolute Gasteiger partial charge is 0.383 e. The number of methoxy groups -OCH3 is 1. The molecular formula is C13H22N2O2S. The number of rotatable bonds is 7. The van der Waals surface area contributed by atoms with Crippen molar-refractivity contribution in [3.05, 3.63) is 10.6 Å². The van der Waals surface area contributed by atoms with Crippen molar-refractivity contribution in [2.75, 3.05) is 25.2 Å². The normalized spacial score (nSPS) is 11.3. The molecule has 0 fully saturated rings. The summed E-state index contributed by atoms with van der Waals surface area (Å²) in [6, 6.07) is 0.339. The number of aldehydes is 1. The molecule has 5 heteroatoms. The van der Waals surface area contributed by atoms with Crippen LogP contribution in [0.25, 0.3) is 0 Å². The number of aromatic nitrogens is 1. The molecule has 0 spiro atoms. The van der Waals surface area contributed by atoms with E-state index in [1.54, 1.807) is 7.11 Å². The number of hydrogen-bond donors (Lipinski definition) is 0. The standard InChI is InChI=1S/C13H22N2O2S/c1-9(2)12-11(8-16)18-13(14-12)15(10(3)4)6-7-17-5/h8-10H,6-7H2,1-5H3. The van der Waals surface area contributed by atoms with E-state index in [9.17, 15) is 4.79 Å². The van der Waals surface area contributed by atoms with Gasteiger partial charge in [-0.2, -0.15) is 0 Å². The predicted molar refractivity (Wildman–Crippen MR) is 75.9 cm³/mol. The molecule has 0 unspecified atom stereocenters. The second-order valence-corrected chi connectivity index (χ2v) is 5.81. The van der Waals surface area contributed by atoms with Gasteiger partial charge in [0, 0.05) is 19.7 Å². The fraction of sp³-hybridized carbons (Fsp3) is 0.692. The van der Waals surface area contributed by atoms with Crippen molar-refractivity contribution in [2.24, 2.45) is 0 Å². The monoisotopic (exact) mass is 270 g/mol. The Morgan fingerprint density at radius 1 is 1.39 bits per heavy atom. The molecule has 0 aliphatic rings. The minimum absolute atomic E-state index is 0.270. The van der Waals surface area contributed by atoms with Crippen LogP contribution in [0, 0.1) is 0 Å². The van der Waals surface area contributed by atoms with E-state index in [4.69, 9.17) is 4.74 Å². The Morgan fingerprint density at radius 3 is 2.44 bits per heavy atom. The summed E-state index contributed by atoms with van der Waals surface area (Å²) in [6.45, 7) is 9.80. The van der Waals surface area contributed by atoms with Gasteiger partial charge in [-0.25, -0.2) is 4.98 Å². The van der Waals surface area contributed by atoms with Gasteiger partial charge in [-0.1, -0.05) is 25.2 Å². The molecule has 1 heterocycles. The summed E-state index contributed by atoms with van der Waals surface area (Å²) in [6.07, 6.45) is 0.908. The Balaban J connectivity index is 3.01. The summed E-state index contributed by atoms with van der Waals surface area (Å²) in [7, 11) is 1.69. The Labute approximate surface area is 113 Å². The Kier molecular flexibility index (Phi) is 5.75. The van der Waals surface area contributed by atoms with Gasteiger partial charge < -0.3 is 9.64 Å². The molecule has 18 heavy (non-hydrogen) atoms. The lowest BCUT2D eigenvalue weighted by molar-refractivity contribution is 0.112. The third-order valence-electron chi connectivity index (χ3n) is 2.73. The quantitative estimate of drug-likeness (QED) is 0.714. The first kappa shape index (κ1) is 15.1. The minimum Gasteiger partial charge on any atom is -0.383 e. The molecule has 1 aromatic heterocycles. The molecule has 0 atom stereocenters. The number of ether oxygens (including phenoxy) is 1. The van der Waals surface area contributed by atoms with Gasteiger partial charge in [0.2, 0.25) is 0 Å². The van der Waals surface area contributed by atoms with Gasteiger partial charge in [0.05, 0.1) is 17.2 Å². The first-order valence-corrected chi connectivity index (χ1v) is 7.04. The number of thiazole rings is 1. The van der Waals surface area contributed by atoms with E-state index < -0.39 is 0 Å². The maximum absolute atomic E-state index is 11.1. The molecule has 0 amide bonds. The van der Waals surface area contributed by atoms with Crippen LogP contribution < -0.4 is 4.90 Å². The van der Waals surface area contributed by atoms with Crippen molar-refractivity contribution >= 4 is 22.8 Å². The molecule has 1 aromatic rings. The number of anilines is 1. The first-order chi connectivity index (χ1) is 8.51. The summed E-state index contributed by atoms with van der Waals surface area (Å²) in [5, 5.41) is 0.910. The van der Waals surface area contributed by atoms with E-state index >= 15 is 0 Å². The zero-order valence-corrected chi connectivity index (χ0v) is 12.6. The van der Waals surface area contributed by atoms with Crippen LogP contribution in [0.5, 0.6) is 0 Å².